The molecule has 0 spiro atoms. The van der Waals surface area contributed by atoms with Crippen LogP contribution in [0.2, 0.25) is 0 Å². The summed E-state index contributed by atoms with van der Waals surface area (Å²) in [6.45, 7) is 0.708. The maximum Gasteiger partial charge on any atom is 0.311 e. The molecule has 0 aromatic heterocycles. The van der Waals surface area contributed by atoms with Crippen molar-refractivity contribution in [1.82, 2.24) is 0 Å². The van der Waals surface area contributed by atoms with Crippen LogP contribution < -0.4 is 14.2 Å². The third kappa shape index (κ3) is 5.75. The van der Waals surface area contributed by atoms with Gasteiger partial charge in [0.1, 0.15) is 30.5 Å². The summed E-state index contributed by atoms with van der Waals surface area (Å²) in [7, 11) is 1.58. The fourth-order valence-corrected chi connectivity index (χ4v) is 3.05. The molecule has 0 aliphatic carbocycles. The van der Waals surface area contributed by atoms with Gasteiger partial charge < -0.3 is 19.3 Å². The summed E-state index contributed by atoms with van der Waals surface area (Å²) in [4.78, 5) is 11.9. The number of carboxylic acids is 1. The maximum absolute atomic E-state index is 11.9. The normalized spacial score (nSPS) is 11.5. The second-order valence-corrected chi connectivity index (χ2v) is 6.49. The van der Waals surface area contributed by atoms with Crippen molar-refractivity contribution in [1.29, 1.82) is 0 Å². The lowest BCUT2D eigenvalue weighted by molar-refractivity contribution is -0.138. The van der Waals surface area contributed by atoms with Crippen LogP contribution in [0.4, 0.5) is 0 Å². The first-order valence-corrected chi connectivity index (χ1v) is 9.42. The van der Waals surface area contributed by atoms with E-state index in [9.17, 15) is 9.90 Å². The van der Waals surface area contributed by atoms with Crippen LogP contribution in [0, 0.1) is 0 Å². The fourth-order valence-electron chi connectivity index (χ4n) is 3.05. The van der Waals surface area contributed by atoms with E-state index >= 15 is 0 Å². The number of rotatable bonds is 10. The van der Waals surface area contributed by atoms with E-state index < -0.39 is 11.9 Å². The Morgan fingerprint density at radius 1 is 0.862 bits per heavy atom. The van der Waals surface area contributed by atoms with E-state index in [0.29, 0.717) is 31.1 Å². The van der Waals surface area contributed by atoms with E-state index in [2.05, 4.69) is 0 Å². The average Bonchev–Trinajstić information content (AvgIpc) is 2.76. The lowest BCUT2D eigenvalue weighted by Gasteiger charge is -2.17. The number of methoxy groups -OCH3 is 1. The summed E-state index contributed by atoms with van der Waals surface area (Å²) in [5, 5.41) is 9.73. The first kappa shape index (κ1) is 20.3. The fraction of sp³-hybridized carbons (Fsp3) is 0.208. The molecule has 5 heteroatoms. The van der Waals surface area contributed by atoms with Gasteiger partial charge in [-0.3, -0.25) is 4.79 Å². The van der Waals surface area contributed by atoms with Crippen LogP contribution in [-0.2, 0) is 11.2 Å². The SMILES string of the molecule is COc1ccc(CC(C(=O)O)c2ccccc2)c(OCCOc2ccccc2)c1. The largest absolute Gasteiger partial charge is 0.497 e. The number of benzene rings is 3. The third-order valence-corrected chi connectivity index (χ3v) is 4.55. The number of para-hydroxylation sites is 1. The van der Waals surface area contributed by atoms with Gasteiger partial charge in [-0.2, -0.15) is 0 Å². The van der Waals surface area contributed by atoms with Gasteiger partial charge in [-0.05, 0) is 35.7 Å². The van der Waals surface area contributed by atoms with Crippen molar-refractivity contribution in [2.75, 3.05) is 20.3 Å². The molecule has 3 aromatic rings. The zero-order valence-electron chi connectivity index (χ0n) is 16.3. The minimum atomic E-state index is -0.870. The average molecular weight is 392 g/mol. The molecule has 150 valence electrons. The molecule has 0 saturated carbocycles. The Bertz CT molecular complexity index is 909. The van der Waals surface area contributed by atoms with Gasteiger partial charge in [-0.15, -0.1) is 0 Å². The van der Waals surface area contributed by atoms with E-state index in [1.807, 2.05) is 72.8 Å². The highest BCUT2D eigenvalue weighted by molar-refractivity contribution is 5.76. The quantitative estimate of drug-likeness (QED) is 0.512. The number of carbonyl (C=O) groups is 1. The van der Waals surface area contributed by atoms with Crippen molar-refractivity contribution in [3.05, 3.63) is 90.0 Å². The van der Waals surface area contributed by atoms with Gasteiger partial charge in [-0.25, -0.2) is 0 Å². The monoisotopic (exact) mass is 392 g/mol. The Morgan fingerprint density at radius 2 is 1.52 bits per heavy atom. The first-order chi connectivity index (χ1) is 14.2. The van der Waals surface area contributed by atoms with E-state index in [-0.39, 0.29) is 0 Å². The topological polar surface area (TPSA) is 65.0 Å². The lowest BCUT2D eigenvalue weighted by atomic mass is 9.91. The third-order valence-electron chi connectivity index (χ3n) is 4.55. The molecule has 3 aromatic carbocycles. The summed E-state index contributed by atoms with van der Waals surface area (Å²) in [5.74, 6) is 0.498. The van der Waals surface area contributed by atoms with Crippen LogP contribution >= 0.6 is 0 Å². The predicted octanol–water partition coefficient (Wildman–Crippen LogP) is 4.56. The molecule has 1 N–H and O–H groups in total. The van der Waals surface area contributed by atoms with Gasteiger partial charge in [0.05, 0.1) is 13.0 Å². The maximum atomic E-state index is 11.9. The molecule has 1 unspecified atom stereocenters. The van der Waals surface area contributed by atoms with E-state index in [4.69, 9.17) is 14.2 Å². The number of hydrogen-bond acceptors (Lipinski definition) is 4. The van der Waals surface area contributed by atoms with Gasteiger partial charge in [0.15, 0.2) is 0 Å². The molecule has 0 radical (unpaired) electrons. The Morgan fingerprint density at radius 3 is 2.17 bits per heavy atom. The standard InChI is InChI=1S/C24H24O5/c1-27-21-13-12-19(16-22(24(25)26)18-8-4-2-5-9-18)23(17-21)29-15-14-28-20-10-6-3-7-11-20/h2-13,17,22H,14-16H2,1H3,(H,25,26). The second kappa shape index (κ2) is 10.2. The number of aliphatic carboxylic acids is 1. The molecule has 5 nitrogen and oxygen atoms in total. The Hall–Kier alpha value is -3.47. The molecule has 1 atom stereocenters. The van der Waals surface area contributed by atoms with Gasteiger partial charge in [0.2, 0.25) is 0 Å². The van der Waals surface area contributed by atoms with Crippen molar-refractivity contribution in [2.45, 2.75) is 12.3 Å². The highest BCUT2D eigenvalue weighted by Crippen LogP contribution is 2.30. The smallest absolute Gasteiger partial charge is 0.311 e. The lowest BCUT2D eigenvalue weighted by Crippen LogP contribution is -2.16. The van der Waals surface area contributed by atoms with E-state index in [1.54, 1.807) is 13.2 Å². The summed E-state index contributed by atoms with van der Waals surface area (Å²) in [5.41, 5.74) is 1.57. The van der Waals surface area contributed by atoms with Crippen molar-refractivity contribution in [3.8, 4) is 17.2 Å². The molecule has 29 heavy (non-hydrogen) atoms. The predicted molar refractivity (Wildman–Crippen MR) is 111 cm³/mol. The van der Waals surface area contributed by atoms with E-state index in [0.717, 1.165) is 16.9 Å². The van der Waals surface area contributed by atoms with Crippen LogP contribution in [0.25, 0.3) is 0 Å². The Balaban J connectivity index is 1.71. The van der Waals surface area contributed by atoms with Crippen molar-refractivity contribution in [3.63, 3.8) is 0 Å². The minimum Gasteiger partial charge on any atom is -0.497 e. The van der Waals surface area contributed by atoms with Gasteiger partial charge in [0, 0.05) is 6.07 Å². The highest BCUT2D eigenvalue weighted by Gasteiger charge is 2.22. The van der Waals surface area contributed by atoms with Crippen molar-refractivity contribution < 1.29 is 24.1 Å². The molecule has 0 aliphatic rings. The zero-order chi connectivity index (χ0) is 20.5. The van der Waals surface area contributed by atoms with Gasteiger partial charge in [0.25, 0.3) is 0 Å². The number of hydrogen-bond donors (Lipinski definition) is 1. The van der Waals surface area contributed by atoms with Crippen LogP contribution in [-0.4, -0.2) is 31.4 Å². The minimum absolute atomic E-state index is 0.318. The Kier molecular flexibility index (Phi) is 7.11. The summed E-state index contributed by atoms with van der Waals surface area (Å²) in [6.07, 6.45) is 0.318. The molecule has 0 aliphatic heterocycles. The Labute approximate surface area is 170 Å². The molecule has 0 heterocycles. The van der Waals surface area contributed by atoms with Crippen LogP contribution in [0.5, 0.6) is 17.2 Å². The molecule has 0 amide bonds. The van der Waals surface area contributed by atoms with Gasteiger partial charge >= 0.3 is 5.97 Å². The van der Waals surface area contributed by atoms with Crippen LogP contribution in [0.3, 0.4) is 0 Å². The summed E-state index contributed by atoms with van der Waals surface area (Å²) in [6, 6.07) is 24.2. The number of carboxylic acid groups (broad SMARTS) is 1. The van der Waals surface area contributed by atoms with Gasteiger partial charge in [-0.1, -0.05) is 54.6 Å². The van der Waals surface area contributed by atoms with Crippen molar-refractivity contribution in [2.24, 2.45) is 0 Å². The molecule has 0 bridgehead atoms. The molecule has 3 rings (SSSR count). The molecular weight excluding hydrogens is 368 g/mol. The van der Waals surface area contributed by atoms with Crippen LogP contribution in [0.15, 0.2) is 78.9 Å². The number of ether oxygens (including phenoxy) is 3. The van der Waals surface area contributed by atoms with Crippen LogP contribution in [0.1, 0.15) is 17.0 Å². The first-order valence-electron chi connectivity index (χ1n) is 9.42. The molecule has 0 saturated heterocycles. The summed E-state index contributed by atoms with van der Waals surface area (Å²) >= 11 is 0. The second-order valence-electron chi connectivity index (χ2n) is 6.49. The molecule has 0 fully saturated rings. The summed E-state index contributed by atoms with van der Waals surface area (Å²) < 4.78 is 16.9. The van der Waals surface area contributed by atoms with E-state index in [1.165, 1.54) is 0 Å². The zero-order valence-corrected chi connectivity index (χ0v) is 16.3. The molecular formula is C24H24O5. The highest BCUT2D eigenvalue weighted by atomic mass is 16.5. The van der Waals surface area contributed by atoms with Crippen molar-refractivity contribution >= 4 is 5.97 Å².